The van der Waals surface area contributed by atoms with E-state index in [-0.39, 0.29) is 0 Å². The van der Waals surface area contributed by atoms with Gasteiger partial charge < -0.3 is 4.74 Å². The summed E-state index contributed by atoms with van der Waals surface area (Å²) in [5, 5.41) is 0. The van der Waals surface area contributed by atoms with Crippen LogP contribution in [-0.4, -0.2) is 7.11 Å². The Morgan fingerprint density at radius 2 is 2.60 bits per heavy atom. The third-order valence-electron chi connectivity index (χ3n) is 0.246. The Labute approximate surface area is 32.9 Å². The maximum Gasteiger partial charge on any atom is 0.131 e. The fourth-order valence-corrected chi connectivity index (χ4v) is 0.102. The van der Waals surface area contributed by atoms with E-state index in [0.717, 1.165) is 0 Å². The average molecular weight is 71.1 g/mol. The summed E-state index contributed by atoms with van der Waals surface area (Å²) in [6.45, 7) is 5.94. The summed E-state index contributed by atoms with van der Waals surface area (Å²) in [7, 11) is 1.56. The Kier molecular flexibility index (Phi) is 3.93. The molecule has 5 heavy (non-hydrogen) atoms. The molecule has 0 N–H and O–H groups in total. The van der Waals surface area contributed by atoms with Crippen LogP contribution >= 0.6 is 0 Å². The molecule has 0 saturated carbocycles. The van der Waals surface area contributed by atoms with Crippen LogP contribution in [0, 0.1) is 13.5 Å². The van der Waals surface area contributed by atoms with Crippen LogP contribution in [0.25, 0.3) is 0 Å². The summed E-state index contributed by atoms with van der Waals surface area (Å²) >= 11 is 0. The molecular formula is C4H7O. The molecule has 0 aliphatic heterocycles. The smallest absolute Gasteiger partial charge is 0.131 e. The molecule has 0 saturated heterocycles. The number of hydrogen-bond donors (Lipinski definition) is 0. The molecular weight excluding hydrogens is 64.0 g/mol. The Morgan fingerprint density at radius 3 is 2.60 bits per heavy atom. The second-order valence-corrected chi connectivity index (χ2v) is 0.598. The topological polar surface area (TPSA) is 9.23 Å². The van der Waals surface area contributed by atoms with Gasteiger partial charge in [-0.2, -0.15) is 0 Å². The third kappa shape index (κ3) is 3.96. The molecule has 3 radical (unpaired) electrons. The first-order valence-electron chi connectivity index (χ1n) is 1.47. The van der Waals surface area contributed by atoms with E-state index in [1.165, 1.54) is 0 Å². The highest BCUT2D eigenvalue weighted by molar-refractivity contribution is 4.47. The molecule has 0 amide bonds. The lowest BCUT2D eigenvalue weighted by Crippen LogP contribution is -1.71. The van der Waals surface area contributed by atoms with Crippen molar-refractivity contribution in [3.05, 3.63) is 13.5 Å². The normalized spacial score (nSPS) is 8.40. The van der Waals surface area contributed by atoms with E-state index >= 15 is 0 Å². The van der Waals surface area contributed by atoms with Crippen molar-refractivity contribution in [1.82, 2.24) is 0 Å². The van der Waals surface area contributed by atoms with Gasteiger partial charge in [-0.05, 0) is 6.42 Å². The lowest BCUT2D eigenvalue weighted by atomic mass is 10.5. The van der Waals surface area contributed by atoms with Gasteiger partial charge in [-0.3, -0.25) is 0 Å². The quantitative estimate of drug-likeness (QED) is 0.470. The van der Waals surface area contributed by atoms with Gasteiger partial charge in [0.25, 0.3) is 0 Å². The van der Waals surface area contributed by atoms with Crippen molar-refractivity contribution in [2.45, 2.75) is 6.42 Å². The van der Waals surface area contributed by atoms with Crippen molar-refractivity contribution in [3.8, 4) is 0 Å². The summed E-state index contributed by atoms with van der Waals surface area (Å²) in [4.78, 5) is 0. The molecule has 1 heteroatoms. The zero-order valence-electron chi connectivity index (χ0n) is 3.32. The highest BCUT2D eigenvalue weighted by atomic mass is 16.5. The molecule has 0 spiro atoms. The molecule has 0 unspecified atom stereocenters. The predicted octanol–water partition coefficient (Wildman–Crippen LogP) is 0.896. The summed E-state index contributed by atoms with van der Waals surface area (Å²) in [5.74, 6) is 0. The SMILES string of the molecule is [CH2]C[C]OC. The van der Waals surface area contributed by atoms with Crippen LogP contribution in [0.3, 0.4) is 0 Å². The van der Waals surface area contributed by atoms with Crippen molar-refractivity contribution in [1.29, 1.82) is 0 Å². The van der Waals surface area contributed by atoms with Crippen molar-refractivity contribution in [2.75, 3.05) is 7.11 Å². The van der Waals surface area contributed by atoms with Crippen LogP contribution in [-0.2, 0) is 4.74 Å². The van der Waals surface area contributed by atoms with E-state index in [9.17, 15) is 0 Å². The molecule has 0 rings (SSSR count). The molecule has 0 aromatic carbocycles. The maximum absolute atomic E-state index is 4.38. The number of hydrogen-bond acceptors (Lipinski definition) is 1. The van der Waals surface area contributed by atoms with E-state index < -0.39 is 0 Å². The van der Waals surface area contributed by atoms with Crippen LogP contribution in [0.5, 0.6) is 0 Å². The van der Waals surface area contributed by atoms with Crippen molar-refractivity contribution < 1.29 is 4.74 Å². The third-order valence-corrected chi connectivity index (χ3v) is 0.246. The average Bonchev–Trinajstić information content (AvgIpc) is 1.41. The Bertz CT molecular complexity index is 11.1. The van der Waals surface area contributed by atoms with Gasteiger partial charge in [0.05, 0.1) is 0 Å². The standard InChI is InChI=1S/C4H7O/c1-3-4-5-2/h1,3H2,2H3. The first kappa shape index (κ1) is 4.96. The summed E-state index contributed by atoms with van der Waals surface area (Å²) in [5.41, 5.74) is 0. The molecule has 1 nitrogen and oxygen atoms in total. The second-order valence-electron chi connectivity index (χ2n) is 0.598. The van der Waals surface area contributed by atoms with Gasteiger partial charge in [0.2, 0.25) is 0 Å². The molecule has 0 aromatic heterocycles. The second kappa shape index (κ2) is 3.96. The largest absolute Gasteiger partial charge is 0.372 e. The Hall–Kier alpha value is -0.0400. The molecule has 0 heterocycles. The molecule has 0 bridgehead atoms. The zero-order chi connectivity index (χ0) is 4.12. The van der Waals surface area contributed by atoms with Gasteiger partial charge in [-0.1, -0.05) is 6.92 Å². The number of rotatable bonds is 2. The van der Waals surface area contributed by atoms with Gasteiger partial charge in [0, 0.05) is 7.11 Å². The molecule has 0 aliphatic carbocycles. The Balaban J connectivity index is 2.19. The predicted molar refractivity (Wildman–Crippen MR) is 20.2 cm³/mol. The van der Waals surface area contributed by atoms with Crippen LogP contribution in [0.1, 0.15) is 6.42 Å². The fraction of sp³-hybridized carbons (Fsp3) is 0.500. The minimum atomic E-state index is 0.622. The van der Waals surface area contributed by atoms with Gasteiger partial charge in [-0.25, -0.2) is 0 Å². The lowest BCUT2D eigenvalue weighted by molar-refractivity contribution is 0.273. The first-order chi connectivity index (χ1) is 2.41. The highest BCUT2D eigenvalue weighted by Crippen LogP contribution is 1.78. The fourth-order valence-electron chi connectivity index (χ4n) is 0.102. The number of methoxy groups -OCH3 is 1. The first-order valence-corrected chi connectivity index (χ1v) is 1.47. The molecule has 0 fully saturated rings. The summed E-state index contributed by atoms with van der Waals surface area (Å²) in [6, 6.07) is 0. The van der Waals surface area contributed by atoms with Crippen LogP contribution in [0.15, 0.2) is 0 Å². The highest BCUT2D eigenvalue weighted by Gasteiger charge is 1.70. The minimum absolute atomic E-state index is 0.622. The van der Waals surface area contributed by atoms with Crippen LogP contribution in [0.4, 0.5) is 0 Å². The minimum Gasteiger partial charge on any atom is -0.372 e. The molecule has 29 valence electrons. The van der Waals surface area contributed by atoms with Crippen molar-refractivity contribution in [2.24, 2.45) is 0 Å². The number of ether oxygens (including phenoxy) is 1. The Morgan fingerprint density at radius 1 is 2.00 bits per heavy atom. The molecule has 0 aliphatic rings. The van der Waals surface area contributed by atoms with Crippen molar-refractivity contribution >= 4 is 0 Å². The zero-order valence-corrected chi connectivity index (χ0v) is 3.32. The lowest BCUT2D eigenvalue weighted by Gasteiger charge is -1.81. The van der Waals surface area contributed by atoms with Crippen molar-refractivity contribution in [3.63, 3.8) is 0 Å². The van der Waals surface area contributed by atoms with Crippen LogP contribution in [0.2, 0.25) is 0 Å². The van der Waals surface area contributed by atoms with Gasteiger partial charge in [0.1, 0.15) is 6.61 Å². The van der Waals surface area contributed by atoms with E-state index in [1.54, 1.807) is 7.11 Å². The van der Waals surface area contributed by atoms with Gasteiger partial charge in [-0.15, -0.1) is 0 Å². The van der Waals surface area contributed by atoms with E-state index in [1.807, 2.05) is 0 Å². The van der Waals surface area contributed by atoms with E-state index in [4.69, 9.17) is 0 Å². The summed E-state index contributed by atoms with van der Waals surface area (Å²) < 4.78 is 4.38. The van der Waals surface area contributed by atoms with Gasteiger partial charge in [0.15, 0.2) is 0 Å². The van der Waals surface area contributed by atoms with E-state index in [2.05, 4.69) is 18.3 Å². The van der Waals surface area contributed by atoms with Gasteiger partial charge >= 0.3 is 0 Å². The van der Waals surface area contributed by atoms with E-state index in [0.29, 0.717) is 6.42 Å². The van der Waals surface area contributed by atoms with Crippen LogP contribution < -0.4 is 0 Å². The summed E-state index contributed by atoms with van der Waals surface area (Å²) in [6.07, 6.45) is 0.622. The molecule has 0 aromatic rings. The maximum atomic E-state index is 4.38. The molecule has 0 atom stereocenters. The monoisotopic (exact) mass is 71.0 g/mol.